The maximum atomic E-state index is 12.5. The van der Waals surface area contributed by atoms with E-state index in [0.717, 1.165) is 0 Å². The molecule has 0 radical (unpaired) electrons. The molecule has 122 valence electrons. The summed E-state index contributed by atoms with van der Waals surface area (Å²) in [5, 5.41) is 11.6. The van der Waals surface area contributed by atoms with Gasteiger partial charge in [0.15, 0.2) is 0 Å². The standard InChI is InChI=1S/C19H15ClO4/c1-11(21)10-15(12-6-8-13(20)9-7-12)17-18(22)14-4-2-3-5-16(14)24-19(17)23/h2-9,15,22H,10H2,1H3. The van der Waals surface area contributed by atoms with Gasteiger partial charge < -0.3 is 9.52 Å². The summed E-state index contributed by atoms with van der Waals surface area (Å²) in [6.45, 7) is 1.45. The maximum Gasteiger partial charge on any atom is 0.343 e. The number of benzene rings is 2. The van der Waals surface area contributed by atoms with Crippen LogP contribution in [0, 0.1) is 0 Å². The number of halogens is 1. The Labute approximate surface area is 143 Å². The second kappa shape index (κ2) is 6.49. The Balaban J connectivity index is 2.24. The van der Waals surface area contributed by atoms with Crippen molar-refractivity contribution in [3.8, 4) is 5.75 Å². The second-order valence-electron chi connectivity index (χ2n) is 5.66. The minimum Gasteiger partial charge on any atom is -0.507 e. The first-order chi connectivity index (χ1) is 11.5. The molecule has 1 atom stereocenters. The highest BCUT2D eigenvalue weighted by molar-refractivity contribution is 6.30. The van der Waals surface area contributed by atoms with Crippen molar-refractivity contribution in [2.75, 3.05) is 0 Å². The van der Waals surface area contributed by atoms with Crippen molar-refractivity contribution in [3.05, 3.63) is 75.1 Å². The molecule has 0 saturated heterocycles. The van der Waals surface area contributed by atoms with Crippen molar-refractivity contribution in [2.45, 2.75) is 19.3 Å². The summed E-state index contributed by atoms with van der Waals surface area (Å²) in [5.41, 5.74) is 0.465. The van der Waals surface area contributed by atoms with Crippen molar-refractivity contribution in [2.24, 2.45) is 0 Å². The molecule has 0 fully saturated rings. The van der Waals surface area contributed by atoms with Crippen molar-refractivity contribution < 1.29 is 14.3 Å². The number of carbonyl (C=O) groups is 1. The zero-order chi connectivity index (χ0) is 17.3. The zero-order valence-corrected chi connectivity index (χ0v) is 13.7. The molecule has 0 aliphatic rings. The molecule has 1 N–H and O–H groups in total. The number of carbonyl (C=O) groups excluding carboxylic acids is 1. The van der Waals surface area contributed by atoms with Crippen LogP contribution in [0.1, 0.15) is 30.4 Å². The molecule has 1 heterocycles. The fourth-order valence-corrected chi connectivity index (χ4v) is 2.95. The van der Waals surface area contributed by atoms with E-state index in [1.54, 1.807) is 48.5 Å². The summed E-state index contributed by atoms with van der Waals surface area (Å²) in [4.78, 5) is 24.2. The third-order valence-electron chi connectivity index (χ3n) is 3.93. The first-order valence-electron chi connectivity index (χ1n) is 7.47. The zero-order valence-electron chi connectivity index (χ0n) is 13.0. The van der Waals surface area contributed by atoms with Gasteiger partial charge in [-0.15, -0.1) is 0 Å². The molecule has 0 saturated carbocycles. The Kier molecular flexibility index (Phi) is 4.40. The van der Waals surface area contributed by atoms with E-state index in [1.807, 2.05) is 0 Å². The van der Waals surface area contributed by atoms with E-state index in [1.165, 1.54) is 6.92 Å². The number of Topliss-reactive ketones (excluding diaryl/α,β-unsaturated/α-hetero) is 1. The van der Waals surface area contributed by atoms with Crippen LogP contribution < -0.4 is 5.63 Å². The average Bonchev–Trinajstić information content (AvgIpc) is 2.54. The molecule has 1 aromatic heterocycles. The van der Waals surface area contributed by atoms with E-state index in [0.29, 0.717) is 21.6 Å². The van der Waals surface area contributed by atoms with Crippen LogP contribution >= 0.6 is 11.6 Å². The van der Waals surface area contributed by atoms with E-state index in [2.05, 4.69) is 0 Å². The van der Waals surface area contributed by atoms with Crippen molar-refractivity contribution >= 4 is 28.4 Å². The predicted molar refractivity (Wildman–Crippen MR) is 92.7 cm³/mol. The van der Waals surface area contributed by atoms with Crippen LogP contribution in [0.5, 0.6) is 5.75 Å². The minimum absolute atomic E-state index is 0.0816. The van der Waals surface area contributed by atoms with E-state index in [9.17, 15) is 14.7 Å². The third kappa shape index (κ3) is 3.05. The van der Waals surface area contributed by atoms with E-state index >= 15 is 0 Å². The van der Waals surface area contributed by atoms with Crippen molar-refractivity contribution in [1.82, 2.24) is 0 Å². The monoisotopic (exact) mass is 342 g/mol. The Morgan fingerprint density at radius 3 is 2.50 bits per heavy atom. The lowest BCUT2D eigenvalue weighted by molar-refractivity contribution is -0.117. The van der Waals surface area contributed by atoms with E-state index in [-0.39, 0.29) is 23.5 Å². The third-order valence-corrected chi connectivity index (χ3v) is 4.18. The van der Waals surface area contributed by atoms with Gasteiger partial charge in [0.2, 0.25) is 0 Å². The van der Waals surface area contributed by atoms with Gasteiger partial charge in [0.1, 0.15) is 17.1 Å². The number of aromatic hydroxyl groups is 1. The Morgan fingerprint density at radius 2 is 1.83 bits per heavy atom. The molecule has 0 spiro atoms. The fourth-order valence-electron chi connectivity index (χ4n) is 2.82. The fraction of sp³-hybridized carbons (Fsp3) is 0.158. The summed E-state index contributed by atoms with van der Waals surface area (Å²) < 4.78 is 5.33. The molecule has 1 unspecified atom stereocenters. The maximum absolute atomic E-state index is 12.5. The van der Waals surface area contributed by atoms with Crippen LogP contribution in [0.4, 0.5) is 0 Å². The van der Waals surface area contributed by atoms with Crippen molar-refractivity contribution in [3.63, 3.8) is 0 Å². The number of ketones is 1. The summed E-state index contributed by atoms with van der Waals surface area (Å²) in [6.07, 6.45) is 0.0816. The quantitative estimate of drug-likeness (QED) is 0.719. The number of fused-ring (bicyclic) bond motifs is 1. The normalized spacial score (nSPS) is 12.2. The van der Waals surface area contributed by atoms with Crippen LogP contribution in [0.3, 0.4) is 0 Å². The summed E-state index contributed by atoms with van der Waals surface area (Å²) in [7, 11) is 0. The first kappa shape index (κ1) is 16.3. The van der Waals surface area contributed by atoms with Gasteiger partial charge >= 0.3 is 5.63 Å². The first-order valence-corrected chi connectivity index (χ1v) is 7.84. The van der Waals surface area contributed by atoms with Gasteiger partial charge in [-0.2, -0.15) is 0 Å². The van der Waals surface area contributed by atoms with Crippen LogP contribution in [0.25, 0.3) is 11.0 Å². The summed E-state index contributed by atoms with van der Waals surface area (Å²) in [5.74, 6) is -0.842. The highest BCUT2D eigenvalue weighted by Crippen LogP contribution is 2.36. The predicted octanol–water partition coefficient (Wildman–Crippen LogP) is 4.26. The smallest absolute Gasteiger partial charge is 0.343 e. The largest absolute Gasteiger partial charge is 0.507 e. The number of hydrogen-bond acceptors (Lipinski definition) is 4. The molecule has 3 rings (SSSR count). The Hall–Kier alpha value is -2.59. The van der Waals surface area contributed by atoms with Gasteiger partial charge in [0, 0.05) is 17.4 Å². The van der Waals surface area contributed by atoms with Gasteiger partial charge in [0.05, 0.1) is 10.9 Å². The topological polar surface area (TPSA) is 67.5 Å². The van der Waals surface area contributed by atoms with E-state index < -0.39 is 11.5 Å². The molecule has 4 nitrogen and oxygen atoms in total. The van der Waals surface area contributed by atoms with Gasteiger partial charge in [-0.25, -0.2) is 4.79 Å². The molecular weight excluding hydrogens is 328 g/mol. The van der Waals surface area contributed by atoms with E-state index in [4.69, 9.17) is 16.0 Å². The molecule has 5 heteroatoms. The van der Waals surface area contributed by atoms with Gasteiger partial charge in [-0.1, -0.05) is 35.9 Å². The van der Waals surface area contributed by atoms with Crippen LogP contribution in [0.15, 0.2) is 57.7 Å². The molecular formula is C19H15ClO4. The molecule has 0 aliphatic heterocycles. The Morgan fingerprint density at radius 1 is 1.17 bits per heavy atom. The highest BCUT2D eigenvalue weighted by atomic mass is 35.5. The van der Waals surface area contributed by atoms with Gasteiger partial charge in [-0.3, -0.25) is 4.79 Å². The minimum atomic E-state index is -0.646. The molecule has 0 aliphatic carbocycles. The Bertz CT molecular complexity index is 957. The van der Waals surface area contributed by atoms with Crippen LogP contribution in [0.2, 0.25) is 5.02 Å². The number of hydrogen-bond donors (Lipinski definition) is 1. The lowest BCUT2D eigenvalue weighted by Crippen LogP contribution is -2.16. The molecule has 2 aromatic carbocycles. The molecule has 0 amide bonds. The second-order valence-corrected chi connectivity index (χ2v) is 6.09. The van der Waals surface area contributed by atoms with Gasteiger partial charge in [-0.05, 0) is 36.8 Å². The summed E-state index contributed by atoms with van der Waals surface area (Å²) >= 11 is 5.91. The molecule has 24 heavy (non-hydrogen) atoms. The van der Waals surface area contributed by atoms with Gasteiger partial charge in [0.25, 0.3) is 0 Å². The number of rotatable bonds is 4. The van der Waals surface area contributed by atoms with Crippen LogP contribution in [-0.4, -0.2) is 10.9 Å². The number of para-hydroxylation sites is 1. The lowest BCUT2D eigenvalue weighted by atomic mass is 9.87. The molecule has 3 aromatic rings. The van der Waals surface area contributed by atoms with Crippen molar-refractivity contribution in [1.29, 1.82) is 0 Å². The highest BCUT2D eigenvalue weighted by Gasteiger charge is 2.25. The average molecular weight is 343 g/mol. The SMILES string of the molecule is CC(=O)CC(c1ccc(Cl)cc1)c1c(O)c2ccccc2oc1=O. The molecule has 0 bridgehead atoms. The summed E-state index contributed by atoms with van der Waals surface area (Å²) in [6, 6.07) is 13.6. The lowest BCUT2D eigenvalue weighted by Gasteiger charge is -2.17. The van der Waals surface area contributed by atoms with Crippen LogP contribution in [-0.2, 0) is 4.79 Å².